The van der Waals surface area contributed by atoms with E-state index in [1.54, 1.807) is 17.0 Å². The third kappa shape index (κ3) is 4.41. The summed E-state index contributed by atoms with van der Waals surface area (Å²) in [4.78, 5) is 30.3. The van der Waals surface area contributed by atoms with E-state index in [0.717, 1.165) is 10.6 Å². The molecule has 0 radical (unpaired) electrons. The summed E-state index contributed by atoms with van der Waals surface area (Å²) in [6, 6.07) is 14.7. The van der Waals surface area contributed by atoms with Crippen LogP contribution in [0.2, 0.25) is 5.02 Å². The Balaban J connectivity index is 1.32. The Hall–Kier alpha value is -2.90. The van der Waals surface area contributed by atoms with E-state index in [-0.39, 0.29) is 32.1 Å². The van der Waals surface area contributed by atoms with E-state index in [1.807, 2.05) is 41.8 Å². The Morgan fingerprint density at radius 3 is 2.86 bits per heavy atom. The molecule has 148 valence electrons. The lowest BCUT2D eigenvalue weighted by Gasteiger charge is -2.28. The van der Waals surface area contributed by atoms with Crippen LogP contribution in [0, 0.1) is 0 Å². The van der Waals surface area contributed by atoms with Gasteiger partial charge in [0.1, 0.15) is 17.4 Å². The molecule has 0 fully saturated rings. The van der Waals surface area contributed by atoms with Gasteiger partial charge in [-0.2, -0.15) is 0 Å². The minimum absolute atomic E-state index is 0.0320. The third-order valence-electron chi connectivity index (χ3n) is 4.38. The average Bonchev–Trinajstić information content (AvgIpc) is 3.20. The summed E-state index contributed by atoms with van der Waals surface area (Å²) in [5.41, 5.74) is 2.17. The molecule has 2 aromatic carbocycles. The van der Waals surface area contributed by atoms with Crippen molar-refractivity contribution in [3.05, 3.63) is 64.6 Å². The standard InChI is InChI=1S/C21H17ClN2O4S/c22-16-6-2-1-5-15(16)21-23-14(13-29-21)11-28-20(26)9-10-24-17-7-3-4-8-18(17)27-12-19(24)25/h1-8,13H,9-12H2. The highest BCUT2D eigenvalue weighted by atomic mass is 35.5. The summed E-state index contributed by atoms with van der Waals surface area (Å²) >= 11 is 7.64. The molecule has 8 heteroatoms. The van der Waals surface area contributed by atoms with Crippen molar-refractivity contribution in [1.82, 2.24) is 4.98 Å². The second-order valence-electron chi connectivity index (χ2n) is 6.34. The predicted octanol–water partition coefficient (Wildman–Crippen LogP) is 4.32. The molecule has 0 atom stereocenters. The van der Waals surface area contributed by atoms with Crippen molar-refractivity contribution in [1.29, 1.82) is 0 Å². The Bertz CT molecular complexity index is 1050. The number of amides is 1. The number of hydrogen-bond donors (Lipinski definition) is 0. The van der Waals surface area contributed by atoms with Gasteiger partial charge in [-0.05, 0) is 18.2 Å². The van der Waals surface area contributed by atoms with E-state index in [1.165, 1.54) is 11.3 Å². The Labute approximate surface area is 176 Å². The summed E-state index contributed by atoms with van der Waals surface area (Å²) < 4.78 is 10.7. The molecule has 1 aliphatic heterocycles. The summed E-state index contributed by atoms with van der Waals surface area (Å²) in [5, 5.41) is 3.24. The molecule has 0 spiro atoms. The van der Waals surface area contributed by atoms with Crippen molar-refractivity contribution < 1.29 is 19.1 Å². The number of thiazole rings is 1. The normalized spacial score (nSPS) is 13.0. The lowest BCUT2D eigenvalue weighted by atomic mass is 10.2. The molecule has 6 nitrogen and oxygen atoms in total. The van der Waals surface area contributed by atoms with Gasteiger partial charge in [-0.3, -0.25) is 9.59 Å². The maximum absolute atomic E-state index is 12.2. The van der Waals surface area contributed by atoms with E-state index in [2.05, 4.69) is 4.98 Å². The van der Waals surface area contributed by atoms with E-state index in [0.29, 0.717) is 22.2 Å². The molecule has 1 aliphatic rings. The first-order chi connectivity index (χ1) is 14.1. The molecule has 0 saturated carbocycles. The maximum Gasteiger partial charge on any atom is 0.307 e. The Morgan fingerprint density at radius 2 is 2.00 bits per heavy atom. The van der Waals surface area contributed by atoms with Crippen LogP contribution in [0.25, 0.3) is 10.6 Å². The van der Waals surface area contributed by atoms with Gasteiger partial charge in [0.2, 0.25) is 0 Å². The Kier molecular flexibility index (Phi) is 5.78. The fourth-order valence-electron chi connectivity index (χ4n) is 2.96. The maximum atomic E-state index is 12.2. The monoisotopic (exact) mass is 428 g/mol. The van der Waals surface area contributed by atoms with Gasteiger partial charge >= 0.3 is 5.97 Å². The van der Waals surface area contributed by atoms with Crippen molar-refractivity contribution in [3.8, 4) is 16.3 Å². The van der Waals surface area contributed by atoms with Crippen LogP contribution >= 0.6 is 22.9 Å². The molecular formula is C21H17ClN2O4S. The minimum Gasteiger partial charge on any atom is -0.482 e. The molecule has 29 heavy (non-hydrogen) atoms. The van der Waals surface area contributed by atoms with Crippen LogP contribution in [-0.2, 0) is 20.9 Å². The van der Waals surface area contributed by atoms with Crippen LogP contribution < -0.4 is 9.64 Å². The number of halogens is 1. The van der Waals surface area contributed by atoms with Crippen molar-refractivity contribution in [2.75, 3.05) is 18.1 Å². The number of benzene rings is 2. The number of carbonyl (C=O) groups excluding carboxylic acids is 2. The molecule has 1 aromatic heterocycles. The summed E-state index contributed by atoms with van der Waals surface area (Å²) in [5.74, 6) is 0.0597. The molecule has 0 N–H and O–H groups in total. The number of aromatic nitrogens is 1. The highest BCUT2D eigenvalue weighted by Gasteiger charge is 2.25. The fourth-order valence-corrected chi connectivity index (χ4v) is 4.09. The van der Waals surface area contributed by atoms with Gasteiger partial charge < -0.3 is 14.4 Å². The van der Waals surface area contributed by atoms with Crippen LogP contribution in [-0.4, -0.2) is 30.0 Å². The third-order valence-corrected chi connectivity index (χ3v) is 5.64. The van der Waals surface area contributed by atoms with E-state index >= 15 is 0 Å². The molecule has 0 aliphatic carbocycles. The zero-order valence-corrected chi connectivity index (χ0v) is 16.9. The molecule has 3 aromatic rings. The topological polar surface area (TPSA) is 68.7 Å². The predicted molar refractivity (Wildman–Crippen MR) is 111 cm³/mol. The van der Waals surface area contributed by atoms with Crippen LogP contribution in [0.4, 0.5) is 5.69 Å². The number of fused-ring (bicyclic) bond motifs is 1. The van der Waals surface area contributed by atoms with Crippen LogP contribution in [0.15, 0.2) is 53.9 Å². The van der Waals surface area contributed by atoms with Gasteiger partial charge in [0.05, 0.1) is 22.8 Å². The van der Waals surface area contributed by atoms with Crippen LogP contribution in [0.3, 0.4) is 0 Å². The summed E-state index contributed by atoms with van der Waals surface area (Å²) in [6.45, 7) is 0.281. The number of ether oxygens (including phenoxy) is 2. The molecular weight excluding hydrogens is 412 g/mol. The highest BCUT2D eigenvalue weighted by molar-refractivity contribution is 7.13. The lowest BCUT2D eigenvalue weighted by molar-refractivity contribution is -0.144. The van der Waals surface area contributed by atoms with Crippen LogP contribution in [0.1, 0.15) is 12.1 Å². The number of hydrogen-bond acceptors (Lipinski definition) is 6. The molecule has 1 amide bonds. The number of para-hydroxylation sites is 2. The quantitative estimate of drug-likeness (QED) is 0.547. The first-order valence-corrected chi connectivity index (χ1v) is 10.2. The first-order valence-electron chi connectivity index (χ1n) is 8.99. The van der Waals surface area contributed by atoms with Gasteiger partial charge in [-0.25, -0.2) is 4.98 Å². The van der Waals surface area contributed by atoms with Crippen molar-refractivity contribution in [3.63, 3.8) is 0 Å². The summed E-state index contributed by atoms with van der Waals surface area (Å²) in [7, 11) is 0. The minimum atomic E-state index is -0.394. The van der Waals surface area contributed by atoms with Crippen molar-refractivity contribution in [2.24, 2.45) is 0 Å². The van der Waals surface area contributed by atoms with Gasteiger partial charge in [0.25, 0.3) is 5.91 Å². The van der Waals surface area contributed by atoms with E-state index in [4.69, 9.17) is 21.1 Å². The second kappa shape index (κ2) is 8.63. The fraction of sp³-hybridized carbons (Fsp3) is 0.190. The van der Waals surface area contributed by atoms with E-state index < -0.39 is 5.97 Å². The largest absolute Gasteiger partial charge is 0.482 e. The molecule has 2 heterocycles. The van der Waals surface area contributed by atoms with E-state index in [9.17, 15) is 9.59 Å². The zero-order chi connectivity index (χ0) is 20.2. The smallest absolute Gasteiger partial charge is 0.307 e. The number of carbonyl (C=O) groups is 2. The highest BCUT2D eigenvalue weighted by Crippen LogP contribution is 2.32. The summed E-state index contributed by atoms with van der Waals surface area (Å²) in [6.07, 6.45) is 0.0849. The lowest BCUT2D eigenvalue weighted by Crippen LogP contribution is -2.40. The molecule has 0 unspecified atom stereocenters. The molecule has 4 rings (SSSR count). The van der Waals surface area contributed by atoms with Gasteiger partial charge in [0.15, 0.2) is 6.61 Å². The number of anilines is 1. The Morgan fingerprint density at radius 1 is 1.21 bits per heavy atom. The van der Waals surface area contributed by atoms with Crippen LogP contribution in [0.5, 0.6) is 5.75 Å². The second-order valence-corrected chi connectivity index (χ2v) is 7.60. The number of rotatable bonds is 6. The molecule has 0 bridgehead atoms. The number of esters is 1. The van der Waals surface area contributed by atoms with Gasteiger partial charge in [-0.1, -0.05) is 41.9 Å². The van der Waals surface area contributed by atoms with Gasteiger partial charge in [-0.15, -0.1) is 11.3 Å². The average molecular weight is 429 g/mol. The number of nitrogens with zero attached hydrogens (tertiary/aromatic N) is 2. The molecule has 0 saturated heterocycles. The van der Waals surface area contributed by atoms with Crippen molar-refractivity contribution in [2.45, 2.75) is 13.0 Å². The SMILES string of the molecule is O=C(CCN1C(=O)COc2ccccc21)OCc1csc(-c2ccccc2Cl)n1. The first kappa shape index (κ1) is 19.4. The zero-order valence-electron chi connectivity index (χ0n) is 15.3. The van der Waals surface area contributed by atoms with Gasteiger partial charge in [0, 0.05) is 17.5 Å². The van der Waals surface area contributed by atoms with Crippen molar-refractivity contribution >= 4 is 40.5 Å².